The van der Waals surface area contributed by atoms with E-state index in [0.717, 1.165) is 91.6 Å². The number of nitrogens with one attached hydrogen (secondary N) is 1. The normalized spacial score (nSPS) is 16.8. The van der Waals surface area contributed by atoms with Crippen LogP contribution in [0.2, 0.25) is 0 Å². The van der Waals surface area contributed by atoms with Crippen LogP contribution in [0.15, 0.2) is 48.5 Å². The SMILES string of the molecule is COc1ccc(CCNC(=S)N2CCC3(CCN(C(=O)c4cc5ccccc5n4C)CC3)C2)cc1OC. The highest BCUT2D eigenvalue weighted by Gasteiger charge is 2.42. The summed E-state index contributed by atoms with van der Waals surface area (Å²) in [7, 11) is 5.28. The van der Waals surface area contributed by atoms with Crippen molar-refractivity contribution < 1.29 is 14.3 Å². The molecule has 3 aromatic rings. The molecule has 0 unspecified atom stereocenters. The summed E-state index contributed by atoms with van der Waals surface area (Å²) in [6, 6.07) is 16.2. The fourth-order valence-electron chi connectivity index (χ4n) is 5.82. The summed E-state index contributed by atoms with van der Waals surface area (Å²) < 4.78 is 12.8. The van der Waals surface area contributed by atoms with Gasteiger partial charge in [-0.3, -0.25) is 4.79 Å². The van der Waals surface area contributed by atoms with Crippen LogP contribution < -0.4 is 14.8 Å². The number of hydrogen-bond donors (Lipinski definition) is 1. The van der Waals surface area contributed by atoms with Crippen LogP contribution in [0.1, 0.15) is 35.3 Å². The van der Waals surface area contributed by atoms with Crippen molar-refractivity contribution >= 4 is 34.1 Å². The quantitative estimate of drug-likeness (QED) is 0.491. The number of aromatic nitrogens is 1. The van der Waals surface area contributed by atoms with E-state index < -0.39 is 0 Å². The Labute approximate surface area is 224 Å². The second kappa shape index (κ2) is 10.6. The maximum absolute atomic E-state index is 13.3. The molecule has 8 heteroatoms. The average Bonchev–Trinajstić information content (AvgIpc) is 3.50. The highest BCUT2D eigenvalue weighted by molar-refractivity contribution is 7.80. The molecule has 0 bridgehead atoms. The number of carbonyl (C=O) groups is 1. The number of carbonyl (C=O) groups excluding carboxylic acids is 1. The molecule has 1 aromatic heterocycles. The predicted octanol–water partition coefficient (Wildman–Crippen LogP) is 4.24. The smallest absolute Gasteiger partial charge is 0.270 e. The average molecular weight is 521 g/mol. The van der Waals surface area contributed by atoms with E-state index in [1.807, 2.05) is 46.8 Å². The lowest BCUT2D eigenvalue weighted by molar-refractivity contribution is 0.0590. The summed E-state index contributed by atoms with van der Waals surface area (Å²) in [5.74, 6) is 1.62. The van der Waals surface area contributed by atoms with Gasteiger partial charge < -0.3 is 29.2 Å². The zero-order chi connectivity index (χ0) is 26.0. The van der Waals surface area contributed by atoms with E-state index in [9.17, 15) is 4.79 Å². The van der Waals surface area contributed by atoms with E-state index in [-0.39, 0.29) is 11.3 Å². The lowest BCUT2D eigenvalue weighted by Crippen LogP contribution is -2.46. The van der Waals surface area contributed by atoms with Crippen molar-refractivity contribution in [2.75, 3.05) is 46.9 Å². The first-order valence-corrected chi connectivity index (χ1v) is 13.4. The number of nitrogens with zero attached hydrogens (tertiary/aromatic N) is 3. The minimum absolute atomic E-state index is 0.135. The largest absolute Gasteiger partial charge is 0.493 e. The van der Waals surface area contributed by atoms with Crippen molar-refractivity contribution in [3.8, 4) is 11.5 Å². The van der Waals surface area contributed by atoms with Crippen molar-refractivity contribution in [3.63, 3.8) is 0 Å². The summed E-state index contributed by atoms with van der Waals surface area (Å²) >= 11 is 5.75. The van der Waals surface area contributed by atoms with Crippen LogP contribution >= 0.6 is 12.2 Å². The predicted molar refractivity (Wildman–Crippen MR) is 151 cm³/mol. The zero-order valence-corrected chi connectivity index (χ0v) is 22.8. The van der Waals surface area contributed by atoms with E-state index in [1.54, 1.807) is 14.2 Å². The molecule has 0 atom stereocenters. The molecule has 1 N–H and O–H groups in total. The first-order chi connectivity index (χ1) is 17.9. The van der Waals surface area contributed by atoms with Crippen LogP contribution in [0.25, 0.3) is 10.9 Å². The number of rotatable bonds is 6. The van der Waals surface area contributed by atoms with E-state index in [0.29, 0.717) is 0 Å². The Kier molecular flexibility index (Phi) is 7.29. The van der Waals surface area contributed by atoms with Crippen molar-refractivity contribution in [3.05, 3.63) is 59.8 Å². The monoisotopic (exact) mass is 520 g/mol. The Morgan fingerprint density at radius 2 is 1.68 bits per heavy atom. The molecule has 2 aliphatic heterocycles. The van der Waals surface area contributed by atoms with E-state index in [4.69, 9.17) is 21.7 Å². The van der Waals surface area contributed by atoms with Crippen LogP contribution in [0.4, 0.5) is 0 Å². The van der Waals surface area contributed by atoms with Crippen LogP contribution in [0.5, 0.6) is 11.5 Å². The number of para-hydroxylation sites is 1. The van der Waals surface area contributed by atoms with Gasteiger partial charge in [0, 0.05) is 50.7 Å². The second-order valence-electron chi connectivity index (χ2n) is 10.3. The number of thiocarbonyl (C=S) groups is 1. The molecule has 2 aliphatic rings. The van der Waals surface area contributed by atoms with Gasteiger partial charge in [0.15, 0.2) is 16.6 Å². The van der Waals surface area contributed by atoms with Gasteiger partial charge in [0.25, 0.3) is 5.91 Å². The first-order valence-electron chi connectivity index (χ1n) is 13.0. The lowest BCUT2D eigenvalue weighted by atomic mass is 9.77. The Bertz CT molecular complexity index is 1300. The van der Waals surface area contributed by atoms with Gasteiger partial charge >= 0.3 is 0 Å². The Morgan fingerprint density at radius 3 is 2.38 bits per heavy atom. The zero-order valence-electron chi connectivity index (χ0n) is 22.0. The molecular weight excluding hydrogens is 484 g/mol. The molecule has 0 saturated carbocycles. The molecule has 1 spiro atoms. The highest BCUT2D eigenvalue weighted by atomic mass is 32.1. The summed E-state index contributed by atoms with van der Waals surface area (Å²) in [6.07, 6.45) is 4.02. The Hall–Kier alpha value is -3.26. The molecule has 7 nitrogen and oxygen atoms in total. The van der Waals surface area contributed by atoms with Gasteiger partial charge in [0.2, 0.25) is 0 Å². The van der Waals surface area contributed by atoms with Gasteiger partial charge in [0.1, 0.15) is 5.69 Å². The number of piperidine rings is 1. The van der Waals surface area contributed by atoms with E-state index in [1.165, 1.54) is 5.56 Å². The number of methoxy groups -OCH3 is 2. The number of amides is 1. The molecule has 2 fully saturated rings. The first kappa shape index (κ1) is 25.4. The van der Waals surface area contributed by atoms with Crippen LogP contribution in [-0.4, -0.2) is 72.3 Å². The highest BCUT2D eigenvalue weighted by Crippen LogP contribution is 2.40. The topological polar surface area (TPSA) is 59.0 Å². The molecular formula is C29H36N4O3S. The van der Waals surface area contributed by atoms with Gasteiger partial charge in [-0.15, -0.1) is 0 Å². The number of fused-ring (bicyclic) bond motifs is 1. The third kappa shape index (κ3) is 5.12. The van der Waals surface area contributed by atoms with Crippen molar-refractivity contribution in [1.29, 1.82) is 0 Å². The van der Waals surface area contributed by atoms with Gasteiger partial charge in [-0.1, -0.05) is 24.3 Å². The van der Waals surface area contributed by atoms with Crippen molar-refractivity contribution in [2.45, 2.75) is 25.7 Å². The number of aryl methyl sites for hydroxylation is 1. The molecule has 3 heterocycles. The maximum Gasteiger partial charge on any atom is 0.270 e. The summed E-state index contributed by atoms with van der Waals surface area (Å²) in [5.41, 5.74) is 3.28. The molecule has 196 valence electrons. The molecule has 2 aromatic carbocycles. The van der Waals surface area contributed by atoms with Crippen molar-refractivity contribution in [2.24, 2.45) is 12.5 Å². The van der Waals surface area contributed by atoms with Crippen LogP contribution in [0.3, 0.4) is 0 Å². The lowest BCUT2D eigenvalue weighted by Gasteiger charge is -2.39. The van der Waals surface area contributed by atoms with E-state index in [2.05, 4.69) is 28.4 Å². The molecule has 0 radical (unpaired) electrons. The third-order valence-electron chi connectivity index (χ3n) is 8.15. The van der Waals surface area contributed by atoms with Crippen LogP contribution in [-0.2, 0) is 13.5 Å². The minimum Gasteiger partial charge on any atom is -0.493 e. The molecule has 0 aliphatic carbocycles. The van der Waals surface area contributed by atoms with Gasteiger partial charge in [-0.2, -0.15) is 0 Å². The Morgan fingerprint density at radius 1 is 0.973 bits per heavy atom. The maximum atomic E-state index is 13.3. The fraction of sp³-hybridized carbons (Fsp3) is 0.448. The minimum atomic E-state index is 0.135. The Balaban J connectivity index is 1.12. The van der Waals surface area contributed by atoms with Crippen LogP contribution in [0, 0.1) is 5.41 Å². The molecule has 2 saturated heterocycles. The molecule has 1 amide bonds. The standard InChI is InChI=1S/C29H36N4O3S/c1-31-23-7-5-4-6-22(23)19-24(31)27(34)32-15-11-29(12-16-32)13-17-33(20-29)28(37)30-14-10-21-8-9-25(35-2)26(18-21)36-3/h4-9,18-19H,10-17,20H2,1-3H3,(H,30,37). The van der Waals surface area contributed by atoms with Gasteiger partial charge in [-0.05, 0) is 73.1 Å². The van der Waals surface area contributed by atoms with E-state index >= 15 is 0 Å². The van der Waals surface area contributed by atoms with Crippen molar-refractivity contribution in [1.82, 2.24) is 19.7 Å². The number of hydrogen-bond acceptors (Lipinski definition) is 4. The summed E-state index contributed by atoms with van der Waals surface area (Å²) in [6.45, 7) is 4.30. The molecule has 37 heavy (non-hydrogen) atoms. The van der Waals surface area contributed by atoms with Gasteiger partial charge in [-0.25, -0.2) is 0 Å². The number of likely N-dealkylation sites (tertiary alicyclic amines) is 2. The third-order valence-corrected chi connectivity index (χ3v) is 8.55. The fourth-order valence-corrected chi connectivity index (χ4v) is 6.08. The number of benzene rings is 2. The second-order valence-corrected chi connectivity index (χ2v) is 10.7. The molecule has 5 rings (SSSR count). The summed E-state index contributed by atoms with van der Waals surface area (Å²) in [5, 5.41) is 5.38. The van der Waals surface area contributed by atoms with Gasteiger partial charge in [0.05, 0.1) is 14.2 Å². The summed E-state index contributed by atoms with van der Waals surface area (Å²) in [4.78, 5) is 17.7. The number of ether oxygens (including phenoxy) is 2.